The van der Waals surface area contributed by atoms with Crippen LogP contribution in [0.3, 0.4) is 0 Å². The van der Waals surface area contributed by atoms with Crippen molar-refractivity contribution >= 4 is 5.57 Å². The van der Waals surface area contributed by atoms with E-state index in [2.05, 4.69) is 19.9 Å². The number of hydrogen-bond donors (Lipinski definition) is 1. The van der Waals surface area contributed by atoms with Gasteiger partial charge in [-0.2, -0.15) is 0 Å². The van der Waals surface area contributed by atoms with Crippen LogP contribution in [0.4, 0.5) is 0 Å². The molecule has 76 valence electrons. The zero-order valence-electron chi connectivity index (χ0n) is 8.96. The predicted molar refractivity (Wildman–Crippen MR) is 61.3 cm³/mol. The van der Waals surface area contributed by atoms with Crippen LogP contribution in [0, 0.1) is 0 Å². The number of unbranched alkanes of at least 4 members (excludes halogenated alkanes) is 2. The second-order valence-electron chi connectivity index (χ2n) is 3.58. The molecule has 1 heteroatoms. The van der Waals surface area contributed by atoms with Gasteiger partial charge < -0.3 is 5.11 Å². The van der Waals surface area contributed by atoms with Crippen molar-refractivity contribution in [3.63, 3.8) is 0 Å². The Hall–Kier alpha value is -1.24. The summed E-state index contributed by atoms with van der Waals surface area (Å²) in [6.45, 7) is 4.31. The summed E-state index contributed by atoms with van der Waals surface area (Å²) in [5.74, 6) is 0.329. The molecular formula is C13H18O. The van der Waals surface area contributed by atoms with Crippen molar-refractivity contribution in [1.29, 1.82) is 0 Å². The summed E-state index contributed by atoms with van der Waals surface area (Å²) in [5, 5.41) is 9.13. The molecule has 1 aromatic carbocycles. The monoisotopic (exact) mass is 190 g/mol. The highest BCUT2D eigenvalue weighted by molar-refractivity contribution is 5.63. The number of hydrogen-bond acceptors (Lipinski definition) is 1. The molecule has 0 atom stereocenters. The quantitative estimate of drug-likeness (QED) is 0.712. The highest BCUT2D eigenvalue weighted by Gasteiger charge is 1.94. The van der Waals surface area contributed by atoms with Crippen LogP contribution in [0.25, 0.3) is 5.57 Å². The van der Waals surface area contributed by atoms with Gasteiger partial charge in [0.15, 0.2) is 0 Å². The molecule has 0 saturated heterocycles. The maximum Gasteiger partial charge on any atom is 0.115 e. The molecule has 0 radical (unpaired) electrons. The van der Waals surface area contributed by atoms with Gasteiger partial charge in [0.25, 0.3) is 0 Å². The molecule has 0 spiro atoms. The third-order valence-corrected chi connectivity index (χ3v) is 2.33. The van der Waals surface area contributed by atoms with Crippen molar-refractivity contribution in [2.45, 2.75) is 33.1 Å². The van der Waals surface area contributed by atoms with Crippen molar-refractivity contribution in [1.82, 2.24) is 0 Å². The smallest absolute Gasteiger partial charge is 0.115 e. The number of phenolic OH excluding ortho intramolecular Hbond substituents is 1. The minimum Gasteiger partial charge on any atom is -0.508 e. The van der Waals surface area contributed by atoms with Gasteiger partial charge in [0.1, 0.15) is 5.75 Å². The Morgan fingerprint density at radius 1 is 1.29 bits per heavy atom. The molecule has 1 aromatic rings. The van der Waals surface area contributed by atoms with Gasteiger partial charge in [0.2, 0.25) is 0 Å². The molecule has 0 aliphatic rings. The highest BCUT2D eigenvalue weighted by atomic mass is 16.3. The fourth-order valence-corrected chi connectivity index (χ4v) is 1.36. The summed E-state index contributed by atoms with van der Waals surface area (Å²) in [4.78, 5) is 0. The number of aromatic hydroxyl groups is 1. The summed E-state index contributed by atoms with van der Waals surface area (Å²) in [6.07, 6.45) is 5.88. The SMILES string of the molecule is CCCCC=C(C)c1ccc(O)cc1. The maximum atomic E-state index is 9.13. The van der Waals surface area contributed by atoms with Gasteiger partial charge in [-0.3, -0.25) is 0 Å². The van der Waals surface area contributed by atoms with Crippen LogP contribution in [0.15, 0.2) is 30.3 Å². The Morgan fingerprint density at radius 2 is 1.93 bits per heavy atom. The minimum absolute atomic E-state index is 0.329. The highest BCUT2D eigenvalue weighted by Crippen LogP contribution is 2.18. The van der Waals surface area contributed by atoms with Crippen molar-refractivity contribution in [3.05, 3.63) is 35.9 Å². The molecule has 14 heavy (non-hydrogen) atoms. The van der Waals surface area contributed by atoms with Crippen LogP contribution < -0.4 is 0 Å². The van der Waals surface area contributed by atoms with E-state index in [0.29, 0.717) is 5.75 Å². The van der Waals surface area contributed by atoms with Crippen molar-refractivity contribution in [2.75, 3.05) is 0 Å². The van der Waals surface area contributed by atoms with E-state index in [-0.39, 0.29) is 0 Å². The summed E-state index contributed by atoms with van der Waals surface area (Å²) in [6, 6.07) is 7.36. The van der Waals surface area contributed by atoms with E-state index in [1.54, 1.807) is 12.1 Å². The third-order valence-electron chi connectivity index (χ3n) is 2.33. The second kappa shape index (κ2) is 5.48. The molecule has 1 nitrogen and oxygen atoms in total. The van der Waals surface area contributed by atoms with E-state index in [1.807, 2.05) is 12.1 Å². The molecule has 0 bridgehead atoms. The van der Waals surface area contributed by atoms with Gasteiger partial charge in [0.05, 0.1) is 0 Å². The summed E-state index contributed by atoms with van der Waals surface area (Å²) in [5.41, 5.74) is 2.48. The van der Waals surface area contributed by atoms with Crippen LogP contribution >= 0.6 is 0 Å². The minimum atomic E-state index is 0.329. The molecule has 0 saturated carbocycles. The molecule has 0 unspecified atom stereocenters. The van der Waals surface area contributed by atoms with E-state index in [1.165, 1.54) is 24.0 Å². The van der Waals surface area contributed by atoms with Gasteiger partial charge in [-0.15, -0.1) is 0 Å². The standard InChI is InChI=1S/C13H18O/c1-3-4-5-6-11(2)12-7-9-13(14)10-8-12/h6-10,14H,3-5H2,1-2H3. The fraction of sp³-hybridized carbons (Fsp3) is 0.385. The number of rotatable bonds is 4. The van der Waals surface area contributed by atoms with Gasteiger partial charge in [-0.1, -0.05) is 38.0 Å². The summed E-state index contributed by atoms with van der Waals surface area (Å²) < 4.78 is 0. The Balaban J connectivity index is 2.64. The molecule has 0 aliphatic carbocycles. The Morgan fingerprint density at radius 3 is 2.50 bits per heavy atom. The van der Waals surface area contributed by atoms with E-state index in [9.17, 15) is 0 Å². The number of phenols is 1. The lowest BCUT2D eigenvalue weighted by Gasteiger charge is -2.01. The van der Waals surface area contributed by atoms with Crippen molar-refractivity contribution < 1.29 is 5.11 Å². The Bertz CT molecular complexity index is 296. The average molecular weight is 190 g/mol. The first-order valence-electron chi connectivity index (χ1n) is 5.20. The van der Waals surface area contributed by atoms with E-state index >= 15 is 0 Å². The van der Waals surface area contributed by atoms with Gasteiger partial charge in [-0.25, -0.2) is 0 Å². The Kier molecular flexibility index (Phi) is 4.24. The van der Waals surface area contributed by atoms with E-state index < -0.39 is 0 Å². The van der Waals surface area contributed by atoms with Crippen LogP contribution in [-0.4, -0.2) is 5.11 Å². The van der Waals surface area contributed by atoms with Crippen molar-refractivity contribution in [3.8, 4) is 5.75 Å². The topological polar surface area (TPSA) is 20.2 Å². The fourth-order valence-electron chi connectivity index (χ4n) is 1.36. The molecule has 0 fully saturated rings. The first-order valence-corrected chi connectivity index (χ1v) is 5.20. The molecule has 1 rings (SSSR count). The largest absolute Gasteiger partial charge is 0.508 e. The lowest BCUT2D eigenvalue weighted by Crippen LogP contribution is -1.79. The van der Waals surface area contributed by atoms with Crippen LogP contribution in [0.1, 0.15) is 38.7 Å². The van der Waals surface area contributed by atoms with Gasteiger partial charge in [0, 0.05) is 0 Å². The molecule has 0 aliphatic heterocycles. The molecule has 0 amide bonds. The molecule has 0 heterocycles. The zero-order valence-corrected chi connectivity index (χ0v) is 8.96. The van der Waals surface area contributed by atoms with Crippen LogP contribution in [0.5, 0.6) is 5.75 Å². The summed E-state index contributed by atoms with van der Waals surface area (Å²) in [7, 11) is 0. The second-order valence-corrected chi connectivity index (χ2v) is 3.58. The van der Waals surface area contributed by atoms with Gasteiger partial charge >= 0.3 is 0 Å². The normalized spacial score (nSPS) is 11.7. The Labute approximate surface area is 86.1 Å². The zero-order chi connectivity index (χ0) is 10.4. The van der Waals surface area contributed by atoms with E-state index in [4.69, 9.17) is 5.11 Å². The van der Waals surface area contributed by atoms with Gasteiger partial charge in [-0.05, 0) is 36.6 Å². The predicted octanol–water partition coefficient (Wildman–Crippen LogP) is 3.99. The third kappa shape index (κ3) is 3.25. The van der Waals surface area contributed by atoms with Crippen LogP contribution in [-0.2, 0) is 0 Å². The average Bonchev–Trinajstić information content (AvgIpc) is 2.19. The van der Waals surface area contributed by atoms with Crippen LogP contribution in [0.2, 0.25) is 0 Å². The number of allylic oxidation sites excluding steroid dienone is 2. The first-order chi connectivity index (χ1) is 6.74. The van der Waals surface area contributed by atoms with E-state index in [0.717, 1.165) is 6.42 Å². The maximum absolute atomic E-state index is 9.13. The first kappa shape index (κ1) is 10.8. The van der Waals surface area contributed by atoms with Crippen molar-refractivity contribution in [2.24, 2.45) is 0 Å². The lowest BCUT2D eigenvalue weighted by atomic mass is 10.1. The molecule has 0 aromatic heterocycles. The molecule has 1 N–H and O–H groups in total. The number of benzene rings is 1. The summed E-state index contributed by atoms with van der Waals surface area (Å²) >= 11 is 0. The lowest BCUT2D eigenvalue weighted by molar-refractivity contribution is 0.475. The molecular weight excluding hydrogens is 172 g/mol.